The van der Waals surface area contributed by atoms with Gasteiger partial charge in [0.25, 0.3) is 0 Å². The average molecular weight is 273 g/mol. The van der Waals surface area contributed by atoms with Crippen molar-refractivity contribution in [3.8, 4) is 0 Å². The number of amides is 2. The van der Waals surface area contributed by atoms with Crippen LogP contribution in [0.3, 0.4) is 0 Å². The van der Waals surface area contributed by atoms with Crippen molar-refractivity contribution < 1.29 is 19.1 Å². The summed E-state index contributed by atoms with van der Waals surface area (Å²) >= 11 is 0. The first-order chi connectivity index (χ1) is 9.08. The van der Waals surface area contributed by atoms with E-state index in [1.54, 1.807) is 14.0 Å². The van der Waals surface area contributed by atoms with E-state index in [1.807, 2.05) is 0 Å². The first kappa shape index (κ1) is 15.9. The fraction of sp³-hybridized carbons (Fsp3) is 0.833. The third-order valence-corrected chi connectivity index (χ3v) is 3.02. The van der Waals surface area contributed by atoms with Gasteiger partial charge in [-0.25, -0.2) is 0 Å². The van der Waals surface area contributed by atoms with Gasteiger partial charge in [-0.3, -0.25) is 9.59 Å². The van der Waals surface area contributed by atoms with Crippen LogP contribution in [0, 0.1) is 0 Å². The van der Waals surface area contributed by atoms with Gasteiger partial charge in [0.2, 0.25) is 11.8 Å². The maximum Gasteiger partial charge on any atom is 0.249 e. The van der Waals surface area contributed by atoms with Crippen molar-refractivity contribution in [2.75, 3.05) is 26.8 Å². The van der Waals surface area contributed by atoms with Crippen LogP contribution in [-0.4, -0.2) is 56.9 Å². The topological polar surface area (TPSA) is 103 Å². The number of carbonyl (C=O) groups excluding carboxylic acids is 2. The highest BCUT2D eigenvalue weighted by Crippen LogP contribution is 2.18. The Morgan fingerprint density at radius 2 is 2.21 bits per heavy atom. The molecule has 0 aromatic rings. The van der Waals surface area contributed by atoms with E-state index in [-0.39, 0.29) is 17.9 Å². The minimum absolute atomic E-state index is 0.0541. The van der Waals surface area contributed by atoms with Crippen LogP contribution in [0.2, 0.25) is 0 Å². The molecule has 0 radical (unpaired) electrons. The van der Waals surface area contributed by atoms with Gasteiger partial charge in [0.05, 0.1) is 12.7 Å². The Labute approximate surface area is 113 Å². The van der Waals surface area contributed by atoms with Gasteiger partial charge in [-0.15, -0.1) is 0 Å². The monoisotopic (exact) mass is 273 g/mol. The number of ether oxygens (including phenoxy) is 2. The second-order valence-electron chi connectivity index (χ2n) is 4.57. The van der Waals surface area contributed by atoms with Gasteiger partial charge in [-0.1, -0.05) is 0 Å². The van der Waals surface area contributed by atoms with E-state index in [9.17, 15) is 9.59 Å². The number of methoxy groups -OCH3 is 1. The molecule has 2 amide bonds. The van der Waals surface area contributed by atoms with Crippen LogP contribution >= 0.6 is 0 Å². The normalized spacial score (nSPS) is 23.9. The molecule has 0 saturated carbocycles. The predicted molar refractivity (Wildman–Crippen MR) is 69.4 cm³/mol. The Balaban J connectivity index is 2.29. The van der Waals surface area contributed by atoms with Crippen molar-refractivity contribution in [2.24, 2.45) is 5.73 Å². The smallest absolute Gasteiger partial charge is 0.249 e. The molecule has 3 atom stereocenters. The number of hydrogen-bond acceptors (Lipinski definition) is 5. The third kappa shape index (κ3) is 5.14. The molecule has 19 heavy (non-hydrogen) atoms. The summed E-state index contributed by atoms with van der Waals surface area (Å²) in [7, 11) is 1.56. The fourth-order valence-corrected chi connectivity index (χ4v) is 1.87. The minimum Gasteiger partial charge on any atom is -0.383 e. The van der Waals surface area contributed by atoms with E-state index < -0.39 is 12.1 Å². The molecule has 1 fully saturated rings. The zero-order chi connectivity index (χ0) is 14.3. The molecule has 0 spiro atoms. The maximum atomic E-state index is 11.9. The lowest BCUT2D eigenvalue weighted by Gasteiger charge is -2.17. The van der Waals surface area contributed by atoms with Crippen LogP contribution in [0.25, 0.3) is 0 Å². The van der Waals surface area contributed by atoms with Gasteiger partial charge in [-0.05, 0) is 19.8 Å². The van der Waals surface area contributed by atoms with Gasteiger partial charge >= 0.3 is 0 Å². The molecule has 0 aromatic carbocycles. The summed E-state index contributed by atoms with van der Waals surface area (Å²) in [6.45, 7) is 2.91. The molecule has 1 saturated heterocycles. The number of hydrogen-bond donors (Lipinski definition) is 3. The molecule has 1 heterocycles. The van der Waals surface area contributed by atoms with Crippen molar-refractivity contribution in [2.45, 2.75) is 38.0 Å². The quantitative estimate of drug-likeness (QED) is 0.504. The lowest BCUT2D eigenvalue weighted by atomic mass is 10.2. The van der Waals surface area contributed by atoms with Crippen molar-refractivity contribution >= 4 is 11.8 Å². The highest BCUT2D eigenvalue weighted by atomic mass is 16.5. The Morgan fingerprint density at radius 3 is 2.79 bits per heavy atom. The number of nitrogens with two attached hydrogens (primary N) is 1. The van der Waals surface area contributed by atoms with E-state index in [2.05, 4.69) is 10.6 Å². The molecular weight excluding hydrogens is 250 g/mol. The third-order valence-electron chi connectivity index (χ3n) is 3.02. The average Bonchev–Trinajstić information content (AvgIpc) is 2.87. The van der Waals surface area contributed by atoms with E-state index in [0.29, 0.717) is 26.1 Å². The van der Waals surface area contributed by atoms with Crippen molar-refractivity contribution in [1.82, 2.24) is 10.6 Å². The molecule has 1 rings (SSSR count). The molecule has 7 heteroatoms. The first-order valence-corrected chi connectivity index (χ1v) is 6.51. The lowest BCUT2D eigenvalue weighted by Crippen LogP contribution is -2.48. The molecule has 0 aromatic heterocycles. The second-order valence-corrected chi connectivity index (χ2v) is 4.57. The summed E-state index contributed by atoms with van der Waals surface area (Å²) in [5.41, 5.74) is 5.48. The Morgan fingerprint density at radius 1 is 1.47 bits per heavy atom. The zero-order valence-electron chi connectivity index (χ0n) is 11.5. The van der Waals surface area contributed by atoms with Gasteiger partial charge < -0.3 is 25.8 Å². The van der Waals surface area contributed by atoms with E-state index in [0.717, 1.165) is 6.42 Å². The minimum atomic E-state index is -0.593. The van der Waals surface area contributed by atoms with Gasteiger partial charge in [-0.2, -0.15) is 0 Å². The Kier molecular flexibility index (Phi) is 6.75. The molecule has 3 unspecified atom stereocenters. The fourth-order valence-electron chi connectivity index (χ4n) is 1.87. The summed E-state index contributed by atoms with van der Waals surface area (Å²) in [5, 5.41) is 5.30. The van der Waals surface area contributed by atoms with E-state index in [4.69, 9.17) is 15.2 Å². The molecule has 0 aliphatic carbocycles. The molecule has 1 aliphatic rings. The van der Waals surface area contributed by atoms with Crippen LogP contribution in [0.15, 0.2) is 0 Å². The predicted octanol–water partition coefficient (Wildman–Crippen LogP) is -1.24. The molecule has 0 bridgehead atoms. The van der Waals surface area contributed by atoms with Gasteiger partial charge in [0.15, 0.2) is 0 Å². The van der Waals surface area contributed by atoms with Crippen LogP contribution < -0.4 is 16.4 Å². The van der Waals surface area contributed by atoms with Crippen molar-refractivity contribution in [1.29, 1.82) is 0 Å². The number of rotatable bonds is 7. The summed E-state index contributed by atoms with van der Waals surface area (Å²) < 4.78 is 10.3. The number of nitrogens with one attached hydrogen (secondary N) is 2. The SMILES string of the molecule is COCCNC(=O)C(C)NC(=O)C1CCC(CN)O1. The van der Waals surface area contributed by atoms with Gasteiger partial charge in [0, 0.05) is 20.2 Å². The molecule has 4 N–H and O–H groups in total. The standard InChI is InChI=1S/C12H23N3O4/c1-8(11(16)14-5-6-18-2)15-12(17)10-4-3-9(7-13)19-10/h8-10H,3-7,13H2,1-2H3,(H,14,16)(H,15,17). The summed E-state index contributed by atoms with van der Waals surface area (Å²) in [6, 6.07) is -0.593. The summed E-state index contributed by atoms with van der Waals surface area (Å²) in [4.78, 5) is 23.5. The molecule has 1 aliphatic heterocycles. The number of carbonyl (C=O) groups is 2. The van der Waals surface area contributed by atoms with E-state index in [1.165, 1.54) is 0 Å². The lowest BCUT2D eigenvalue weighted by molar-refractivity contribution is -0.135. The zero-order valence-corrected chi connectivity index (χ0v) is 11.5. The Hall–Kier alpha value is -1.18. The summed E-state index contributed by atoms with van der Waals surface area (Å²) in [5.74, 6) is -0.496. The molecular formula is C12H23N3O4. The van der Waals surface area contributed by atoms with Crippen LogP contribution in [0.5, 0.6) is 0 Å². The molecule has 110 valence electrons. The van der Waals surface area contributed by atoms with Crippen LogP contribution in [0.1, 0.15) is 19.8 Å². The second kappa shape index (κ2) is 8.08. The largest absolute Gasteiger partial charge is 0.383 e. The van der Waals surface area contributed by atoms with Crippen molar-refractivity contribution in [3.05, 3.63) is 0 Å². The highest BCUT2D eigenvalue weighted by Gasteiger charge is 2.31. The van der Waals surface area contributed by atoms with Gasteiger partial charge in [0.1, 0.15) is 12.1 Å². The molecule has 7 nitrogen and oxygen atoms in total. The van der Waals surface area contributed by atoms with Crippen LogP contribution in [-0.2, 0) is 19.1 Å². The highest BCUT2D eigenvalue weighted by molar-refractivity contribution is 5.89. The van der Waals surface area contributed by atoms with E-state index >= 15 is 0 Å². The Bertz CT molecular complexity index is 311. The first-order valence-electron chi connectivity index (χ1n) is 6.51. The van der Waals surface area contributed by atoms with Crippen LogP contribution in [0.4, 0.5) is 0 Å². The summed E-state index contributed by atoms with van der Waals surface area (Å²) in [6.07, 6.45) is 0.874. The maximum absolute atomic E-state index is 11.9. The van der Waals surface area contributed by atoms with Crippen molar-refractivity contribution in [3.63, 3.8) is 0 Å².